The fourth-order valence-corrected chi connectivity index (χ4v) is 7.86. The highest BCUT2D eigenvalue weighted by Gasteiger charge is 2.38. The maximum absolute atomic E-state index is 15.3. The highest BCUT2D eigenvalue weighted by atomic mass is 35.5. The van der Waals surface area contributed by atoms with Gasteiger partial charge in [-0.1, -0.05) is 55.8 Å². The molecule has 3 N–H and O–H groups in total. The summed E-state index contributed by atoms with van der Waals surface area (Å²) in [6, 6.07) is 13.3. The zero-order valence-corrected chi connectivity index (χ0v) is 27.2. The molecule has 1 aromatic heterocycles. The number of methoxy groups -OCH3 is 1. The van der Waals surface area contributed by atoms with Crippen molar-refractivity contribution in [1.82, 2.24) is 19.9 Å². The number of anilines is 1. The smallest absolute Gasteiger partial charge is 0.407 e. The molecular weight excluding hydrogens is 621 g/mol. The zero-order valence-electron chi connectivity index (χ0n) is 25.7. The lowest BCUT2D eigenvalue weighted by Crippen LogP contribution is -2.58. The summed E-state index contributed by atoms with van der Waals surface area (Å²) in [5.41, 5.74) is 1.07. The topological polar surface area (TPSA) is 130 Å². The van der Waals surface area contributed by atoms with Crippen LogP contribution >= 0.6 is 11.6 Å². The molecule has 1 unspecified atom stereocenters. The number of benzene rings is 2. The Labute approximate surface area is 268 Å². The molecule has 0 radical (unpaired) electrons. The third-order valence-corrected chi connectivity index (χ3v) is 10.3. The van der Waals surface area contributed by atoms with E-state index in [1.54, 1.807) is 54.6 Å². The normalized spacial score (nSPS) is 18.6. The van der Waals surface area contributed by atoms with Crippen LogP contribution in [0.4, 0.5) is 14.9 Å². The van der Waals surface area contributed by atoms with Gasteiger partial charge in [0.15, 0.2) is 0 Å². The number of nitrogens with zero attached hydrogens (tertiary/aromatic N) is 2. The van der Waals surface area contributed by atoms with Crippen LogP contribution in [0.25, 0.3) is 0 Å². The molecule has 4 rings (SSSR count). The number of hydrogen-bond donors (Lipinski definition) is 3. The minimum absolute atomic E-state index is 0.109. The largest absolute Gasteiger partial charge is 0.453 e. The number of piperazine rings is 1. The summed E-state index contributed by atoms with van der Waals surface area (Å²) in [5, 5.41) is 9.21. The molecule has 0 spiro atoms. The van der Waals surface area contributed by atoms with E-state index < -0.39 is 45.8 Å². The fourth-order valence-electron chi connectivity index (χ4n) is 5.87. The Morgan fingerprint density at radius 2 is 1.80 bits per heavy atom. The molecule has 0 saturated carbocycles. The fraction of sp³-hybridized carbons (Fsp3) is 0.406. The van der Waals surface area contributed by atoms with Crippen molar-refractivity contribution in [3.05, 3.63) is 89.0 Å². The molecule has 10 nitrogen and oxygen atoms in total. The van der Waals surface area contributed by atoms with Crippen molar-refractivity contribution >= 4 is 39.3 Å². The van der Waals surface area contributed by atoms with E-state index >= 15 is 4.39 Å². The first kappa shape index (κ1) is 34.3. The molecule has 242 valence electrons. The molecule has 13 heteroatoms. The van der Waals surface area contributed by atoms with Gasteiger partial charge in [0.1, 0.15) is 11.9 Å². The molecule has 0 bridgehead atoms. The number of pyridine rings is 1. The summed E-state index contributed by atoms with van der Waals surface area (Å²) >= 11 is 6.09. The second-order valence-corrected chi connectivity index (χ2v) is 13.7. The van der Waals surface area contributed by atoms with Gasteiger partial charge in [-0.25, -0.2) is 17.6 Å². The number of carbonyl (C=O) groups is 2. The number of ether oxygens (including phenoxy) is 1. The Balaban J connectivity index is 1.60. The molecule has 45 heavy (non-hydrogen) atoms. The van der Waals surface area contributed by atoms with Crippen molar-refractivity contribution in [2.24, 2.45) is 5.92 Å². The van der Waals surface area contributed by atoms with Crippen LogP contribution in [0.15, 0.2) is 71.9 Å². The molecule has 1 aliphatic heterocycles. The van der Waals surface area contributed by atoms with Gasteiger partial charge in [-0.15, -0.1) is 0 Å². The van der Waals surface area contributed by atoms with E-state index in [1.165, 1.54) is 17.6 Å². The van der Waals surface area contributed by atoms with E-state index in [0.29, 0.717) is 18.1 Å². The lowest BCUT2D eigenvalue weighted by Gasteiger charge is -2.40. The number of hydrogen-bond acceptors (Lipinski definition) is 7. The first-order valence-corrected chi connectivity index (χ1v) is 16.6. The molecule has 2 heterocycles. The van der Waals surface area contributed by atoms with Crippen molar-refractivity contribution < 1.29 is 27.1 Å². The summed E-state index contributed by atoms with van der Waals surface area (Å²) in [4.78, 5) is 30.4. The van der Waals surface area contributed by atoms with Gasteiger partial charge < -0.3 is 20.7 Å². The maximum atomic E-state index is 15.3. The van der Waals surface area contributed by atoms with Gasteiger partial charge >= 0.3 is 6.09 Å². The van der Waals surface area contributed by atoms with Gasteiger partial charge in [0, 0.05) is 41.7 Å². The Morgan fingerprint density at radius 1 is 1.11 bits per heavy atom. The quantitative estimate of drug-likeness (QED) is 0.265. The van der Waals surface area contributed by atoms with Gasteiger partial charge in [0.2, 0.25) is 15.9 Å². The van der Waals surface area contributed by atoms with Crippen LogP contribution in [0.1, 0.15) is 44.2 Å². The van der Waals surface area contributed by atoms with Gasteiger partial charge in [-0.3, -0.25) is 9.78 Å². The minimum atomic E-state index is -3.82. The molecule has 0 aliphatic carbocycles. The average Bonchev–Trinajstić information content (AvgIpc) is 3.01. The molecule has 4 atom stereocenters. The van der Waals surface area contributed by atoms with Crippen molar-refractivity contribution in [1.29, 1.82) is 0 Å². The lowest BCUT2D eigenvalue weighted by molar-refractivity contribution is -0.118. The lowest BCUT2D eigenvalue weighted by atomic mass is 9.82. The number of halogens is 2. The van der Waals surface area contributed by atoms with E-state index in [0.717, 1.165) is 11.8 Å². The number of aromatic nitrogens is 1. The SMILES string of the molecule is COC(=O)N[C@H](C(=O)Nc1cncc(F)c1CC[C@H]1CNC[C@@H](C)N1S(=O)(=O)c1ccccc1)C(c1ccc(Cl)cc1)C(C)C. The minimum Gasteiger partial charge on any atom is -0.453 e. The predicted molar refractivity (Wildman–Crippen MR) is 171 cm³/mol. The molecule has 3 aromatic rings. The average molecular weight is 660 g/mol. The number of carbonyl (C=O) groups excluding carboxylic acids is 2. The van der Waals surface area contributed by atoms with Crippen LogP contribution in [-0.4, -0.2) is 68.0 Å². The first-order valence-electron chi connectivity index (χ1n) is 14.8. The van der Waals surface area contributed by atoms with E-state index in [2.05, 4.69) is 20.9 Å². The summed E-state index contributed by atoms with van der Waals surface area (Å²) in [7, 11) is -2.62. The molecular formula is C32H39ClFN5O5S. The Bertz CT molecular complexity index is 1580. The highest BCUT2D eigenvalue weighted by molar-refractivity contribution is 7.89. The molecule has 2 aromatic carbocycles. The predicted octanol–water partition coefficient (Wildman–Crippen LogP) is 4.96. The molecule has 2 amide bonds. The van der Waals surface area contributed by atoms with Crippen LogP contribution in [0.5, 0.6) is 0 Å². The van der Waals surface area contributed by atoms with Gasteiger partial charge in [-0.2, -0.15) is 4.31 Å². The number of alkyl carbamates (subject to hydrolysis) is 1. The van der Waals surface area contributed by atoms with E-state index in [-0.39, 0.29) is 40.9 Å². The Morgan fingerprint density at radius 3 is 2.44 bits per heavy atom. The maximum Gasteiger partial charge on any atom is 0.407 e. The monoisotopic (exact) mass is 659 g/mol. The Kier molecular flexibility index (Phi) is 11.5. The van der Waals surface area contributed by atoms with Gasteiger partial charge in [0.05, 0.1) is 30.1 Å². The van der Waals surface area contributed by atoms with Crippen molar-refractivity contribution in [2.75, 3.05) is 25.5 Å². The van der Waals surface area contributed by atoms with Crippen molar-refractivity contribution in [3.8, 4) is 0 Å². The molecule has 1 aliphatic rings. The second-order valence-electron chi connectivity index (χ2n) is 11.4. The van der Waals surface area contributed by atoms with Crippen molar-refractivity contribution in [2.45, 2.75) is 62.6 Å². The van der Waals surface area contributed by atoms with E-state index in [9.17, 15) is 18.0 Å². The number of sulfonamides is 1. The summed E-state index contributed by atoms with van der Waals surface area (Å²) < 4.78 is 48.9. The third-order valence-electron chi connectivity index (χ3n) is 8.00. The van der Waals surface area contributed by atoms with Crippen molar-refractivity contribution in [3.63, 3.8) is 0 Å². The Hall–Kier alpha value is -3.58. The standard InChI is InChI=1S/C32H39ClFN5O5S/c1-20(2)29(22-10-12-23(33)13-11-22)30(38-32(41)44-4)31(40)37-28-19-36-18-27(34)26(28)15-14-24-17-35-16-21(3)39(24)45(42,43)25-8-6-5-7-9-25/h5-13,18-21,24,29-30,35H,14-17H2,1-4H3,(H,37,40)(H,38,41)/t21-,24+,29?,30+/m1/s1. The summed E-state index contributed by atoms with van der Waals surface area (Å²) in [6.07, 6.45) is 1.99. The van der Waals surface area contributed by atoms with Crippen LogP contribution < -0.4 is 16.0 Å². The number of nitrogens with one attached hydrogen (secondary N) is 3. The van der Waals surface area contributed by atoms with Gasteiger partial charge in [0.25, 0.3) is 0 Å². The first-order chi connectivity index (χ1) is 21.4. The van der Waals surface area contributed by atoms with E-state index in [1.807, 2.05) is 20.8 Å². The zero-order chi connectivity index (χ0) is 32.7. The van der Waals surface area contributed by atoms with Crippen LogP contribution in [0.3, 0.4) is 0 Å². The van der Waals surface area contributed by atoms with Gasteiger partial charge in [-0.05, 0) is 55.5 Å². The highest BCUT2D eigenvalue weighted by Crippen LogP contribution is 2.31. The van der Waals surface area contributed by atoms with Crippen LogP contribution in [-0.2, 0) is 26.0 Å². The molecule has 1 saturated heterocycles. The summed E-state index contributed by atoms with van der Waals surface area (Å²) in [5.74, 6) is -1.83. The van der Waals surface area contributed by atoms with Crippen LogP contribution in [0.2, 0.25) is 5.02 Å². The van der Waals surface area contributed by atoms with E-state index in [4.69, 9.17) is 16.3 Å². The van der Waals surface area contributed by atoms with Crippen LogP contribution in [0, 0.1) is 11.7 Å². The number of amides is 2. The number of rotatable bonds is 11. The third kappa shape index (κ3) is 8.18. The molecule has 1 fully saturated rings. The second kappa shape index (κ2) is 15.1. The summed E-state index contributed by atoms with van der Waals surface area (Å²) in [6.45, 7) is 6.53.